The maximum atomic E-state index is 12.2. The fourth-order valence-corrected chi connectivity index (χ4v) is 3.40. The summed E-state index contributed by atoms with van der Waals surface area (Å²) < 4.78 is 7.95. The third kappa shape index (κ3) is 4.08. The molecular weight excluding hydrogens is 362 g/mol. The van der Waals surface area contributed by atoms with Crippen molar-refractivity contribution in [3.05, 3.63) is 59.4 Å². The van der Waals surface area contributed by atoms with Gasteiger partial charge in [0, 0.05) is 10.9 Å². The summed E-state index contributed by atoms with van der Waals surface area (Å²) in [5.74, 6) is 1.94. The molecule has 0 unspecified atom stereocenters. The van der Waals surface area contributed by atoms with Gasteiger partial charge >= 0.3 is 0 Å². The van der Waals surface area contributed by atoms with Gasteiger partial charge in [0.05, 0.1) is 24.1 Å². The summed E-state index contributed by atoms with van der Waals surface area (Å²) in [6, 6.07) is 15.3. The standard InChI is InChI=1S/C21H22ClN3O2/c22-16-8-10-17(11-9-16)27-13-12-25-19-7-2-1-6-18(19)24-20(25)14-23-21(26)15-4-3-5-15/h1-2,6-11,15H,3-5,12-14H2,(H,23,26). The Bertz CT molecular complexity index is 932. The number of carbonyl (C=O) groups is 1. The summed E-state index contributed by atoms with van der Waals surface area (Å²) in [5.41, 5.74) is 1.97. The fourth-order valence-electron chi connectivity index (χ4n) is 3.28. The van der Waals surface area contributed by atoms with Crippen LogP contribution in [0.2, 0.25) is 5.02 Å². The van der Waals surface area contributed by atoms with Crippen molar-refractivity contribution < 1.29 is 9.53 Å². The minimum Gasteiger partial charge on any atom is -0.492 e. The zero-order valence-electron chi connectivity index (χ0n) is 15.0. The van der Waals surface area contributed by atoms with Gasteiger partial charge in [0.1, 0.15) is 18.2 Å². The maximum Gasteiger partial charge on any atom is 0.223 e. The zero-order valence-corrected chi connectivity index (χ0v) is 15.8. The fraction of sp³-hybridized carbons (Fsp3) is 0.333. The molecule has 0 radical (unpaired) electrons. The molecular formula is C21H22ClN3O2. The Labute approximate surface area is 163 Å². The van der Waals surface area contributed by atoms with Crippen molar-refractivity contribution in [3.63, 3.8) is 0 Å². The van der Waals surface area contributed by atoms with Crippen molar-refractivity contribution in [2.45, 2.75) is 32.4 Å². The molecule has 2 aromatic carbocycles. The predicted molar refractivity (Wildman–Crippen MR) is 106 cm³/mol. The predicted octanol–water partition coefficient (Wildman–Crippen LogP) is 4.19. The SMILES string of the molecule is O=C(NCc1nc2ccccc2n1CCOc1ccc(Cl)cc1)C1CCC1. The number of nitrogens with one attached hydrogen (secondary N) is 1. The topological polar surface area (TPSA) is 56.2 Å². The van der Waals surface area contributed by atoms with E-state index in [0.717, 1.165) is 41.9 Å². The van der Waals surface area contributed by atoms with Crippen LogP contribution < -0.4 is 10.1 Å². The summed E-state index contributed by atoms with van der Waals surface area (Å²) in [7, 11) is 0. The molecule has 0 spiro atoms. The number of nitrogens with zero attached hydrogens (tertiary/aromatic N) is 2. The van der Waals surface area contributed by atoms with Crippen molar-refractivity contribution in [2.24, 2.45) is 5.92 Å². The molecule has 0 saturated heterocycles. The van der Waals surface area contributed by atoms with E-state index in [4.69, 9.17) is 21.3 Å². The van der Waals surface area contributed by atoms with E-state index < -0.39 is 0 Å². The molecule has 0 atom stereocenters. The molecule has 1 N–H and O–H groups in total. The number of amides is 1. The van der Waals surface area contributed by atoms with Crippen LogP contribution in [0.1, 0.15) is 25.1 Å². The highest BCUT2D eigenvalue weighted by Gasteiger charge is 2.25. The Morgan fingerprint density at radius 2 is 1.96 bits per heavy atom. The summed E-state index contributed by atoms with van der Waals surface area (Å²) in [6.07, 6.45) is 3.15. The van der Waals surface area contributed by atoms with Gasteiger partial charge in [0.25, 0.3) is 0 Å². The lowest BCUT2D eigenvalue weighted by atomic mass is 9.85. The van der Waals surface area contributed by atoms with Crippen LogP contribution in [0, 0.1) is 5.92 Å². The normalized spacial score (nSPS) is 14.1. The second-order valence-electron chi connectivity index (χ2n) is 6.82. The first-order valence-electron chi connectivity index (χ1n) is 9.31. The highest BCUT2D eigenvalue weighted by Crippen LogP contribution is 2.26. The van der Waals surface area contributed by atoms with Crippen molar-refractivity contribution in [1.82, 2.24) is 14.9 Å². The van der Waals surface area contributed by atoms with E-state index in [2.05, 4.69) is 9.88 Å². The van der Waals surface area contributed by atoms with Crippen molar-refractivity contribution >= 4 is 28.5 Å². The quantitative estimate of drug-likeness (QED) is 0.665. The average Bonchev–Trinajstić information content (AvgIpc) is 2.98. The van der Waals surface area contributed by atoms with Crippen LogP contribution in [0.5, 0.6) is 5.75 Å². The number of carbonyl (C=O) groups excluding carboxylic acids is 1. The first kappa shape index (κ1) is 17.9. The first-order chi connectivity index (χ1) is 13.2. The van der Waals surface area contributed by atoms with Gasteiger partial charge in [0.2, 0.25) is 5.91 Å². The van der Waals surface area contributed by atoms with Crippen LogP contribution in [0.4, 0.5) is 0 Å². The van der Waals surface area contributed by atoms with Crippen LogP contribution in [0.25, 0.3) is 11.0 Å². The van der Waals surface area contributed by atoms with Crippen LogP contribution >= 0.6 is 11.6 Å². The molecule has 4 rings (SSSR count). The van der Waals surface area contributed by atoms with E-state index in [1.165, 1.54) is 0 Å². The average molecular weight is 384 g/mol. The van der Waals surface area contributed by atoms with Crippen LogP contribution in [-0.2, 0) is 17.9 Å². The van der Waals surface area contributed by atoms with E-state index >= 15 is 0 Å². The lowest BCUT2D eigenvalue weighted by molar-refractivity contribution is -0.127. The summed E-state index contributed by atoms with van der Waals surface area (Å²) in [6.45, 7) is 1.59. The highest BCUT2D eigenvalue weighted by atomic mass is 35.5. The van der Waals surface area contributed by atoms with Crippen LogP contribution in [0.3, 0.4) is 0 Å². The summed E-state index contributed by atoms with van der Waals surface area (Å²) >= 11 is 5.91. The molecule has 1 aliphatic rings. The van der Waals surface area contributed by atoms with Crippen molar-refractivity contribution in [1.29, 1.82) is 0 Å². The number of ether oxygens (including phenoxy) is 1. The van der Waals surface area contributed by atoms with Crippen LogP contribution in [0.15, 0.2) is 48.5 Å². The molecule has 1 aliphatic carbocycles. The van der Waals surface area contributed by atoms with Gasteiger partial charge < -0.3 is 14.6 Å². The molecule has 1 aromatic heterocycles. The largest absolute Gasteiger partial charge is 0.492 e. The Kier molecular flexibility index (Phi) is 5.30. The molecule has 140 valence electrons. The molecule has 1 fully saturated rings. The van der Waals surface area contributed by atoms with E-state index in [1.54, 1.807) is 0 Å². The highest BCUT2D eigenvalue weighted by molar-refractivity contribution is 6.30. The van der Waals surface area contributed by atoms with Gasteiger partial charge in [-0.15, -0.1) is 0 Å². The Morgan fingerprint density at radius 1 is 1.19 bits per heavy atom. The number of para-hydroxylation sites is 2. The van der Waals surface area contributed by atoms with Gasteiger partial charge in [-0.3, -0.25) is 4.79 Å². The minimum absolute atomic E-state index is 0.136. The molecule has 6 heteroatoms. The van der Waals surface area contributed by atoms with Gasteiger partial charge in [0.15, 0.2) is 0 Å². The first-order valence-corrected chi connectivity index (χ1v) is 9.69. The Balaban J connectivity index is 1.45. The third-order valence-corrected chi connectivity index (χ3v) is 5.28. The molecule has 1 amide bonds. The van der Waals surface area contributed by atoms with E-state index in [-0.39, 0.29) is 11.8 Å². The second-order valence-corrected chi connectivity index (χ2v) is 7.25. The molecule has 3 aromatic rings. The number of imidazole rings is 1. The lowest BCUT2D eigenvalue weighted by Crippen LogP contribution is -2.34. The smallest absolute Gasteiger partial charge is 0.223 e. The Hall–Kier alpha value is -2.53. The number of halogens is 1. The number of hydrogen-bond donors (Lipinski definition) is 1. The molecule has 1 saturated carbocycles. The van der Waals surface area contributed by atoms with Crippen molar-refractivity contribution in [3.8, 4) is 5.75 Å². The van der Waals surface area contributed by atoms with E-state index in [9.17, 15) is 4.79 Å². The molecule has 0 aliphatic heterocycles. The molecule has 27 heavy (non-hydrogen) atoms. The van der Waals surface area contributed by atoms with Crippen molar-refractivity contribution in [2.75, 3.05) is 6.61 Å². The van der Waals surface area contributed by atoms with E-state index in [0.29, 0.717) is 24.7 Å². The maximum absolute atomic E-state index is 12.2. The van der Waals surface area contributed by atoms with Gasteiger partial charge in [-0.25, -0.2) is 4.98 Å². The summed E-state index contributed by atoms with van der Waals surface area (Å²) in [4.78, 5) is 16.9. The number of hydrogen-bond acceptors (Lipinski definition) is 3. The van der Waals surface area contributed by atoms with E-state index in [1.807, 2.05) is 48.5 Å². The van der Waals surface area contributed by atoms with Gasteiger partial charge in [-0.2, -0.15) is 0 Å². The lowest BCUT2D eigenvalue weighted by Gasteiger charge is -2.24. The summed E-state index contributed by atoms with van der Waals surface area (Å²) in [5, 5.41) is 3.73. The monoisotopic (exact) mass is 383 g/mol. The van der Waals surface area contributed by atoms with Gasteiger partial charge in [-0.1, -0.05) is 30.2 Å². The van der Waals surface area contributed by atoms with Gasteiger partial charge in [-0.05, 0) is 49.2 Å². The number of rotatable bonds is 7. The van der Waals surface area contributed by atoms with Crippen LogP contribution in [-0.4, -0.2) is 22.1 Å². The zero-order chi connectivity index (χ0) is 18.6. The third-order valence-electron chi connectivity index (χ3n) is 5.03. The Morgan fingerprint density at radius 3 is 2.70 bits per heavy atom. The number of aromatic nitrogens is 2. The second kappa shape index (κ2) is 8.01. The molecule has 0 bridgehead atoms. The molecule has 1 heterocycles. The number of benzene rings is 2. The number of fused-ring (bicyclic) bond motifs is 1. The molecule has 5 nitrogen and oxygen atoms in total. The minimum atomic E-state index is 0.136.